The molecule has 34 heavy (non-hydrogen) atoms. The average Bonchev–Trinajstić information content (AvgIpc) is 2.77. The maximum atomic E-state index is 10.8. The fourth-order valence-electron chi connectivity index (χ4n) is 4.10. The molecule has 2 aliphatic heterocycles. The predicted octanol–water partition coefficient (Wildman–Crippen LogP) is 2.94. The Bertz CT molecular complexity index is 755. The largest absolute Gasteiger partial charge is 0.493 e. The zero-order valence-electron chi connectivity index (χ0n) is 19.6. The summed E-state index contributed by atoms with van der Waals surface area (Å²) >= 11 is 0. The monoisotopic (exact) mass is 500 g/mol. The first-order chi connectivity index (χ1) is 15.1. The fourth-order valence-corrected chi connectivity index (χ4v) is 4.54. The lowest BCUT2D eigenvalue weighted by molar-refractivity contribution is 0.170. The minimum Gasteiger partial charge on any atom is -0.493 e. The van der Waals surface area contributed by atoms with E-state index in [1.165, 1.54) is 6.42 Å². The molecule has 11 heteroatoms. The van der Waals surface area contributed by atoms with Gasteiger partial charge in [-0.2, -0.15) is 8.42 Å². The normalized spacial score (nSPS) is 21.2. The highest BCUT2D eigenvalue weighted by Gasteiger charge is 2.26. The van der Waals surface area contributed by atoms with Gasteiger partial charge in [-0.1, -0.05) is 33.1 Å². The van der Waals surface area contributed by atoms with E-state index in [9.17, 15) is 18.5 Å². The van der Waals surface area contributed by atoms with Crippen LogP contribution in [0.25, 0.3) is 0 Å². The number of para-hydroxylation sites is 1. The van der Waals surface area contributed by atoms with Gasteiger partial charge in [0.05, 0.1) is 19.5 Å². The van der Waals surface area contributed by atoms with Crippen LogP contribution in [0, 0.1) is 11.8 Å². The molecular weight excluding hydrogens is 454 g/mol. The van der Waals surface area contributed by atoms with Gasteiger partial charge in [-0.05, 0) is 83.6 Å². The molecule has 2 aliphatic rings. The van der Waals surface area contributed by atoms with Gasteiger partial charge >= 0.3 is 14.1 Å². The number of ether oxygens (including phenoxy) is 1. The van der Waals surface area contributed by atoms with Crippen molar-refractivity contribution in [3.8, 4) is 5.75 Å². The summed E-state index contributed by atoms with van der Waals surface area (Å²) in [5.74, 6) is 1.66. The Kier molecular flexibility index (Phi) is 16.0. The SMILES string of the molecule is C.C.CB(O)N1CCC[C@@H](COS(C)(=O)=O)C1.CB(O)N1CCC[C@@H](COc2ccccc2)C1. The second kappa shape index (κ2) is 16.5. The van der Waals surface area contributed by atoms with E-state index in [-0.39, 0.29) is 34.4 Å². The van der Waals surface area contributed by atoms with Crippen molar-refractivity contribution in [2.45, 2.75) is 54.2 Å². The van der Waals surface area contributed by atoms with Crippen molar-refractivity contribution >= 4 is 24.2 Å². The molecule has 2 heterocycles. The van der Waals surface area contributed by atoms with Crippen LogP contribution in [0.4, 0.5) is 0 Å². The highest BCUT2D eigenvalue weighted by Crippen LogP contribution is 2.19. The quantitative estimate of drug-likeness (QED) is 0.416. The molecule has 196 valence electrons. The molecule has 0 aromatic heterocycles. The van der Waals surface area contributed by atoms with E-state index in [1.807, 2.05) is 42.0 Å². The van der Waals surface area contributed by atoms with Crippen molar-refractivity contribution in [2.75, 3.05) is 45.6 Å². The number of nitrogens with zero attached hydrogens (tertiary/aromatic N) is 2. The third kappa shape index (κ3) is 13.1. The molecule has 1 aromatic carbocycles. The van der Waals surface area contributed by atoms with E-state index in [0.717, 1.165) is 57.5 Å². The smallest absolute Gasteiger partial charge is 0.376 e. The molecular formula is C23H46B2N2O6S. The third-order valence-corrected chi connectivity index (χ3v) is 6.47. The maximum absolute atomic E-state index is 10.8. The van der Waals surface area contributed by atoms with Crippen LogP contribution < -0.4 is 4.74 Å². The number of benzene rings is 1. The average molecular weight is 500 g/mol. The molecule has 2 N–H and O–H groups in total. The van der Waals surface area contributed by atoms with Gasteiger partial charge in [0.2, 0.25) is 0 Å². The summed E-state index contributed by atoms with van der Waals surface area (Å²) in [6, 6.07) is 9.92. The van der Waals surface area contributed by atoms with Gasteiger partial charge in [-0.25, -0.2) is 0 Å². The van der Waals surface area contributed by atoms with Gasteiger partial charge in [0.1, 0.15) is 5.75 Å². The van der Waals surface area contributed by atoms with Crippen LogP contribution in [0.3, 0.4) is 0 Å². The first kappa shape index (κ1) is 32.9. The Labute approximate surface area is 209 Å². The molecule has 2 saturated heterocycles. The number of rotatable bonds is 8. The van der Waals surface area contributed by atoms with Crippen LogP contribution in [-0.2, 0) is 14.3 Å². The molecule has 0 radical (unpaired) electrons. The zero-order chi connectivity index (χ0) is 23.6. The fraction of sp³-hybridized carbons (Fsp3) is 0.739. The van der Waals surface area contributed by atoms with Gasteiger partial charge < -0.3 is 24.4 Å². The van der Waals surface area contributed by atoms with Gasteiger partial charge in [0.25, 0.3) is 10.1 Å². The Morgan fingerprint density at radius 1 is 0.912 bits per heavy atom. The Morgan fingerprint density at radius 2 is 1.38 bits per heavy atom. The molecule has 0 aliphatic carbocycles. The van der Waals surface area contributed by atoms with Crippen molar-refractivity contribution in [3.63, 3.8) is 0 Å². The van der Waals surface area contributed by atoms with E-state index >= 15 is 0 Å². The van der Waals surface area contributed by atoms with E-state index in [1.54, 1.807) is 6.82 Å². The molecule has 2 atom stereocenters. The molecule has 0 bridgehead atoms. The van der Waals surface area contributed by atoms with Crippen LogP contribution in [0.1, 0.15) is 40.5 Å². The molecule has 0 amide bonds. The Balaban J connectivity index is 0.000000610. The zero-order valence-corrected chi connectivity index (χ0v) is 20.4. The highest BCUT2D eigenvalue weighted by molar-refractivity contribution is 7.85. The minimum absolute atomic E-state index is 0. The minimum atomic E-state index is -3.34. The molecule has 0 saturated carbocycles. The van der Waals surface area contributed by atoms with Crippen molar-refractivity contribution in [1.29, 1.82) is 0 Å². The number of piperidine rings is 2. The van der Waals surface area contributed by atoms with E-state index in [0.29, 0.717) is 12.5 Å². The van der Waals surface area contributed by atoms with Crippen molar-refractivity contribution in [1.82, 2.24) is 9.62 Å². The second-order valence-corrected chi connectivity index (χ2v) is 10.5. The number of hydrogen-bond donors (Lipinski definition) is 2. The summed E-state index contributed by atoms with van der Waals surface area (Å²) in [6.07, 6.45) is 5.33. The van der Waals surface area contributed by atoms with Crippen LogP contribution in [0.5, 0.6) is 5.75 Å². The van der Waals surface area contributed by atoms with Crippen LogP contribution in [0.15, 0.2) is 30.3 Å². The van der Waals surface area contributed by atoms with Gasteiger partial charge in [-0.3, -0.25) is 4.18 Å². The summed E-state index contributed by atoms with van der Waals surface area (Å²) in [5, 5.41) is 19.0. The van der Waals surface area contributed by atoms with Gasteiger partial charge in [0.15, 0.2) is 0 Å². The lowest BCUT2D eigenvalue weighted by atomic mass is 9.81. The summed E-state index contributed by atoms with van der Waals surface area (Å²) in [5.41, 5.74) is 0. The van der Waals surface area contributed by atoms with Gasteiger partial charge in [-0.15, -0.1) is 0 Å². The maximum Gasteiger partial charge on any atom is 0.376 e. The van der Waals surface area contributed by atoms with Crippen molar-refractivity contribution in [2.24, 2.45) is 11.8 Å². The topological polar surface area (TPSA) is 99.5 Å². The van der Waals surface area contributed by atoms with E-state index < -0.39 is 17.2 Å². The van der Waals surface area contributed by atoms with E-state index in [4.69, 9.17) is 8.92 Å². The summed E-state index contributed by atoms with van der Waals surface area (Å²) in [4.78, 5) is 4.04. The third-order valence-electron chi connectivity index (χ3n) is 5.90. The van der Waals surface area contributed by atoms with Gasteiger partial charge in [0, 0.05) is 5.92 Å². The first-order valence-electron chi connectivity index (χ1n) is 11.5. The molecule has 8 nitrogen and oxygen atoms in total. The lowest BCUT2D eigenvalue weighted by Gasteiger charge is -2.33. The molecule has 0 spiro atoms. The van der Waals surface area contributed by atoms with E-state index in [2.05, 4.69) is 4.81 Å². The number of hydrogen-bond acceptors (Lipinski definition) is 8. The summed E-state index contributed by atoms with van der Waals surface area (Å²) < 4.78 is 32.1. The van der Waals surface area contributed by atoms with Crippen LogP contribution in [0.2, 0.25) is 13.6 Å². The van der Waals surface area contributed by atoms with Crippen molar-refractivity contribution < 1.29 is 27.4 Å². The Morgan fingerprint density at radius 3 is 1.82 bits per heavy atom. The predicted molar refractivity (Wildman–Crippen MR) is 142 cm³/mol. The van der Waals surface area contributed by atoms with Crippen LogP contribution >= 0.6 is 0 Å². The van der Waals surface area contributed by atoms with Crippen LogP contribution in [-0.4, -0.2) is 87.8 Å². The standard InChI is InChI=1S/C13H20BNO2.C8H18BNO4S.2CH4/c1-14(16)15-9-5-6-12(10-15)11-17-13-7-3-2-4-8-13;1-9(11)10-5-3-4-8(6-10)7-14-15(2,12)13;;/h2-4,7-8,12,16H,5-6,9-11H2,1H3;8,11H,3-7H2,1-2H3;2*1H4/t12-;8-;;/m11../s1. The summed E-state index contributed by atoms with van der Waals surface area (Å²) in [6.45, 7) is 8.03. The second-order valence-electron chi connectivity index (χ2n) is 8.88. The Hall–Kier alpha value is -1.10. The first-order valence-corrected chi connectivity index (χ1v) is 13.3. The lowest BCUT2D eigenvalue weighted by Crippen LogP contribution is -2.45. The summed E-state index contributed by atoms with van der Waals surface area (Å²) in [7, 11) is -4.15. The molecule has 0 unspecified atom stereocenters. The molecule has 2 fully saturated rings. The highest BCUT2D eigenvalue weighted by atomic mass is 32.2. The molecule has 1 aromatic rings. The molecule has 3 rings (SSSR count). The van der Waals surface area contributed by atoms with Crippen molar-refractivity contribution in [3.05, 3.63) is 30.3 Å².